The predicted molar refractivity (Wildman–Crippen MR) is 208 cm³/mol. The van der Waals surface area contributed by atoms with Crippen molar-refractivity contribution in [3.8, 4) is 0 Å². The highest BCUT2D eigenvalue weighted by molar-refractivity contribution is 5.60. The van der Waals surface area contributed by atoms with Crippen molar-refractivity contribution in [1.82, 2.24) is 0 Å². The highest BCUT2D eigenvalue weighted by Crippen LogP contribution is 2.21. The number of ether oxygens (including phenoxy) is 12. The summed E-state index contributed by atoms with van der Waals surface area (Å²) in [5.41, 5.74) is 32.2. The van der Waals surface area contributed by atoms with Crippen LogP contribution in [0.4, 0.5) is 19.2 Å². The second-order valence-electron chi connectivity index (χ2n) is 12.1. The van der Waals surface area contributed by atoms with Crippen LogP contribution in [-0.4, -0.2) is 157 Å². The minimum Gasteiger partial charge on any atom is -0.434 e. The molecule has 0 aromatic carbocycles. The smallest absolute Gasteiger partial charge is 0.434 e. The van der Waals surface area contributed by atoms with Crippen LogP contribution >= 0.6 is 0 Å². The molecule has 0 bridgehead atoms. The van der Waals surface area contributed by atoms with Crippen LogP contribution in [0, 0.1) is 5.41 Å². The number of hydrogen-bond donors (Lipinski definition) is 0. The predicted octanol–water partition coefficient (Wildman–Crippen LogP) is 7.01. The Labute approximate surface area is 351 Å². The third kappa shape index (κ3) is 38.1. The molecule has 0 aromatic heterocycles. The molecule has 0 aliphatic heterocycles. The summed E-state index contributed by atoms with van der Waals surface area (Å²) in [5, 5.41) is 13.6. The quantitative estimate of drug-likeness (QED) is 0.0149. The van der Waals surface area contributed by atoms with Gasteiger partial charge in [-0.1, -0.05) is 20.5 Å². The summed E-state index contributed by atoms with van der Waals surface area (Å²) in [4.78, 5) is 58.4. The van der Waals surface area contributed by atoms with E-state index >= 15 is 0 Å². The second kappa shape index (κ2) is 42.3. The molecule has 0 aliphatic carbocycles. The fourth-order valence-corrected chi connectivity index (χ4v) is 4.25. The zero-order chi connectivity index (χ0) is 44.8. The first-order valence-corrected chi connectivity index (χ1v) is 19.3. The van der Waals surface area contributed by atoms with Crippen LogP contribution in [0.25, 0.3) is 41.8 Å². The number of hydrogen-bond acceptors (Lipinski definition) is 20. The molecule has 0 atom stereocenters. The van der Waals surface area contributed by atoms with Gasteiger partial charge in [-0.05, 0) is 73.5 Å². The lowest BCUT2D eigenvalue weighted by Crippen LogP contribution is -2.43. The molecule has 0 radical (unpaired) electrons. The van der Waals surface area contributed by atoms with E-state index in [1.165, 1.54) is 0 Å². The van der Waals surface area contributed by atoms with Crippen molar-refractivity contribution in [2.24, 2.45) is 25.9 Å². The van der Waals surface area contributed by atoms with Crippen molar-refractivity contribution in [2.75, 3.05) is 132 Å². The van der Waals surface area contributed by atoms with Crippen molar-refractivity contribution >= 4 is 24.6 Å². The monoisotopic (exact) mass is 876 g/mol. The van der Waals surface area contributed by atoms with Gasteiger partial charge in [-0.15, -0.1) is 0 Å². The normalized spacial score (nSPS) is 11.1. The average molecular weight is 877 g/mol. The topological polar surface area (TPSA) is 374 Å². The Bertz CT molecular complexity index is 1190. The Hall–Kier alpha value is -5.84. The van der Waals surface area contributed by atoms with Crippen molar-refractivity contribution in [3.63, 3.8) is 0 Å². The first kappa shape index (κ1) is 55.2. The van der Waals surface area contributed by atoms with Gasteiger partial charge >= 0.3 is 24.6 Å². The van der Waals surface area contributed by atoms with Crippen molar-refractivity contribution in [2.45, 2.75) is 51.4 Å². The number of azide groups is 4. The Balaban J connectivity index is 5.36. The lowest BCUT2D eigenvalue weighted by Gasteiger charge is -2.33. The lowest BCUT2D eigenvalue weighted by molar-refractivity contribution is -0.118. The van der Waals surface area contributed by atoms with Crippen molar-refractivity contribution < 1.29 is 76.0 Å². The highest BCUT2D eigenvalue weighted by Gasteiger charge is 2.33. The van der Waals surface area contributed by atoms with Gasteiger partial charge in [-0.3, -0.25) is 0 Å². The zero-order valence-electron chi connectivity index (χ0n) is 34.2. The summed E-state index contributed by atoms with van der Waals surface area (Å²) in [7, 11) is 0. The second-order valence-corrected chi connectivity index (χ2v) is 12.1. The van der Waals surface area contributed by atoms with E-state index in [-0.39, 0.29) is 132 Å². The molecule has 0 aromatic rings. The summed E-state index contributed by atoms with van der Waals surface area (Å²) in [5.74, 6) is 0. The van der Waals surface area contributed by atoms with E-state index in [0.29, 0.717) is 51.4 Å². The molecule has 0 aliphatic rings. The van der Waals surface area contributed by atoms with Crippen molar-refractivity contribution in [1.29, 1.82) is 0 Å². The molecule has 61 heavy (non-hydrogen) atoms. The van der Waals surface area contributed by atoms with Crippen molar-refractivity contribution in [3.05, 3.63) is 41.8 Å². The number of rotatable bonds is 40. The Morgan fingerprint density at radius 2 is 0.541 bits per heavy atom. The van der Waals surface area contributed by atoms with Gasteiger partial charge in [0.15, 0.2) is 0 Å². The lowest BCUT2D eigenvalue weighted by atomic mass is 9.92. The molecule has 0 spiro atoms. The number of unbranched alkanes of at least 4 members (excludes halogenated alkanes) is 4. The SMILES string of the molecule is [N-]=[N+]=NCCCCOC(=O)OCCOCC(COCCOC(=O)OCCCCN=[N+]=[N-])(COCCOC(=O)OCCCCN=[N+]=[N-])COCCOC(=O)OCCCCN=[N+]=[N-]. The number of nitrogens with zero attached hydrogens (tertiary/aromatic N) is 12. The fourth-order valence-electron chi connectivity index (χ4n) is 4.25. The maximum absolute atomic E-state index is 12.0. The first-order valence-electron chi connectivity index (χ1n) is 19.3. The van der Waals surface area contributed by atoms with Crippen LogP contribution in [-0.2, 0) is 56.8 Å². The van der Waals surface area contributed by atoms with Gasteiger partial charge in [-0.25, -0.2) is 19.2 Å². The Kier molecular flexibility index (Phi) is 38.2. The molecule has 0 unspecified atom stereocenters. The van der Waals surface area contributed by atoms with E-state index in [4.69, 9.17) is 79.0 Å². The van der Waals surface area contributed by atoms with E-state index in [0.717, 1.165) is 0 Å². The average Bonchev–Trinajstić information content (AvgIpc) is 3.25. The Morgan fingerprint density at radius 3 is 0.754 bits per heavy atom. The van der Waals surface area contributed by atoms with Gasteiger partial charge in [0.1, 0.15) is 26.4 Å². The highest BCUT2D eigenvalue weighted by atomic mass is 16.7. The van der Waals surface area contributed by atoms with Crippen LogP contribution in [0.1, 0.15) is 51.4 Å². The zero-order valence-corrected chi connectivity index (χ0v) is 34.2. The molecular weight excluding hydrogens is 820 g/mol. The molecule has 28 heteroatoms. The van der Waals surface area contributed by atoms with Gasteiger partial charge in [0.25, 0.3) is 0 Å². The van der Waals surface area contributed by atoms with E-state index < -0.39 is 30.0 Å². The summed E-state index contributed by atoms with van der Waals surface area (Å²) >= 11 is 0. The summed E-state index contributed by atoms with van der Waals surface area (Å²) in [6.07, 6.45) is 0.326. The van der Waals surface area contributed by atoms with Crippen LogP contribution in [0.2, 0.25) is 0 Å². The molecule has 0 amide bonds. The minimum atomic E-state index is -1.09. The molecule has 28 nitrogen and oxygen atoms in total. The number of carbonyl (C=O) groups is 4. The fraction of sp³-hybridized carbons (Fsp3) is 0.879. The van der Waals surface area contributed by atoms with Crippen LogP contribution in [0.15, 0.2) is 20.5 Å². The number of carbonyl (C=O) groups excluding carboxylic acids is 4. The molecule has 0 heterocycles. The molecule has 0 rings (SSSR count). The van der Waals surface area contributed by atoms with Gasteiger partial charge in [0, 0.05) is 45.8 Å². The van der Waals surface area contributed by atoms with E-state index in [2.05, 4.69) is 40.1 Å². The summed E-state index contributed by atoms with van der Waals surface area (Å²) in [6.45, 7) is -0.0846. The van der Waals surface area contributed by atoms with E-state index in [9.17, 15) is 19.2 Å². The van der Waals surface area contributed by atoms with Crippen LogP contribution < -0.4 is 0 Å². The molecule has 0 N–H and O–H groups in total. The Morgan fingerprint density at radius 1 is 0.328 bits per heavy atom. The standard InChI is InChI=1S/C33H56N12O16/c34-42-38-9-1-5-13-54-29(46)58-21-17-50-25-33(26-51-18-22-59-30(47)55-14-6-2-10-39-43-35,27-52-19-23-60-31(48)56-15-7-3-11-40-44-36)28-53-20-24-61-32(49)57-16-8-4-12-41-45-37/h1-28H2. The van der Waals surface area contributed by atoms with Crippen LogP contribution in [0.5, 0.6) is 0 Å². The maximum atomic E-state index is 12.0. The third-order valence-electron chi connectivity index (χ3n) is 7.17. The summed E-state index contributed by atoms with van der Waals surface area (Å²) < 4.78 is 63.4. The molecular formula is C33H56N12O16. The van der Waals surface area contributed by atoms with Crippen LogP contribution in [0.3, 0.4) is 0 Å². The summed E-state index contributed by atoms with van der Waals surface area (Å²) in [6, 6.07) is 0. The third-order valence-corrected chi connectivity index (χ3v) is 7.17. The molecule has 344 valence electrons. The van der Waals surface area contributed by atoms with Gasteiger partial charge in [-0.2, -0.15) is 0 Å². The minimum absolute atomic E-state index is 0.0662. The van der Waals surface area contributed by atoms with Gasteiger partial charge < -0.3 is 56.8 Å². The van der Waals surface area contributed by atoms with Gasteiger partial charge in [0.05, 0.1) is 84.7 Å². The molecule has 0 fully saturated rings. The molecule has 0 saturated carbocycles. The maximum Gasteiger partial charge on any atom is 0.508 e. The largest absolute Gasteiger partial charge is 0.508 e. The van der Waals surface area contributed by atoms with E-state index in [1.807, 2.05) is 0 Å². The van der Waals surface area contributed by atoms with E-state index in [1.54, 1.807) is 0 Å². The molecule has 0 saturated heterocycles. The van der Waals surface area contributed by atoms with Gasteiger partial charge in [0.2, 0.25) is 0 Å². The first-order chi connectivity index (χ1) is 29.8.